The molecule has 0 saturated carbocycles. The van der Waals surface area contributed by atoms with Gasteiger partial charge in [-0.1, -0.05) is 5.21 Å². The van der Waals surface area contributed by atoms with Gasteiger partial charge in [0.25, 0.3) is 0 Å². The Bertz CT molecular complexity index is 884. The minimum atomic E-state index is -0.879. The molecule has 3 heterocycles. The molecule has 0 amide bonds. The maximum absolute atomic E-state index is 11.1. The molecule has 1 atom stereocenters. The van der Waals surface area contributed by atoms with Gasteiger partial charge < -0.3 is 24.6 Å². The number of aliphatic hydroxyl groups is 1. The Balaban J connectivity index is 1.60. The van der Waals surface area contributed by atoms with E-state index in [1.165, 1.54) is 0 Å². The van der Waals surface area contributed by atoms with Crippen LogP contribution < -0.4 is 4.90 Å². The molecule has 0 spiro atoms. The van der Waals surface area contributed by atoms with Crippen LogP contribution in [0.4, 0.5) is 5.69 Å². The van der Waals surface area contributed by atoms with E-state index in [1.54, 1.807) is 17.1 Å². The molecule has 1 aromatic carbocycles. The van der Waals surface area contributed by atoms with Gasteiger partial charge in [-0.25, -0.2) is 9.67 Å². The van der Waals surface area contributed by atoms with Crippen molar-refractivity contribution in [3.05, 3.63) is 48.6 Å². The zero-order valence-corrected chi connectivity index (χ0v) is 16.4. The molecule has 2 aromatic rings. The number of aromatic nitrogens is 3. The Labute approximate surface area is 169 Å². The molecule has 0 radical (unpaired) electrons. The number of hydrogen-bond acceptors (Lipinski definition) is 8. The van der Waals surface area contributed by atoms with Gasteiger partial charge in [0.2, 0.25) is 0 Å². The maximum Gasteiger partial charge on any atom is 0.190 e. The minimum Gasteiger partial charge on any atom is -0.366 e. The number of likely N-dealkylation sites (N-methyl/N-ethyl adjacent to an activating group) is 1. The van der Waals surface area contributed by atoms with E-state index in [0.717, 1.165) is 49.5 Å². The lowest BCUT2D eigenvalue weighted by Crippen LogP contribution is -2.54. The number of rotatable bonds is 5. The molecule has 2 aliphatic heterocycles. The first-order valence-corrected chi connectivity index (χ1v) is 9.75. The van der Waals surface area contributed by atoms with Gasteiger partial charge in [0.05, 0.1) is 23.8 Å². The summed E-state index contributed by atoms with van der Waals surface area (Å²) >= 11 is 0. The Morgan fingerprint density at radius 1 is 1.14 bits per heavy atom. The molecule has 0 bridgehead atoms. The van der Waals surface area contributed by atoms with E-state index in [2.05, 4.69) is 27.2 Å². The number of benzene rings is 1. The molecular weight excluding hydrogens is 370 g/mol. The Hall–Kier alpha value is -3.04. The number of amidine groups is 1. The van der Waals surface area contributed by atoms with Crippen molar-refractivity contribution < 1.29 is 9.90 Å². The molecule has 9 nitrogen and oxygen atoms in total. The second-order valence-corrected chi connectivity index (χ2v) is 7.23. The summed E-state index contributed by atoms with van der Waals surface area (Å²) in [6.07, 6.45) is 6.20. The second kappa shape index (κ2) is 8.54. The summed E-state index contributed by atoms with van der Waals surface area (Å²) in [5.41, 5.74) is 2.51. The quantitative estimate of drug-likeness (QED) is 0.752. The van der Waals surface area contributed by atoms with E-state index in [0.29, 0.717) is 18.7 Å². The number of piperazine rings is 1. The van der Waals surface area contributed by atoms with Crippen LogP contribution in [-0.2, 0) is 4.79 Å². The van der Waals surface area contributed by atoms with Gasteiger partial charge in [0.15, 0.2) is 12.1 Å². The number of aliphatic hydroxyl groups excluding tert-OH is 1. The van der Waals surface area contributed by atoms with Gasteiger partial charge in [0, 0.05) is 44.5 Å². The SMILES string of the molecule is CN1CCN(C2=NC(CCC=O)=CN(c3ccc(-n4ccnn4)cc3)C2O)CC1. The molecule has 2 aliphatic rings. The number of anilines is 1. The first-order chi connectivity index (χ1) is 14.2. The summed E-state index contributed by atoms with van der Waals surface area (Å²) in [6, 6.07) is 7.72. The van der Waals surface area contributed by atoms with E-state index in [1.807, 2.05) is 35.4 Å². The summed E-state index contributed by atoms with van der Waals surface area (Å²) in [7, 11) is 2.09. The van der Waals surface area contributed by atoms with Gasteiger partial charge in [-0.3, -0.25) is 0 Å². The Morgan fingerprint density at radius 3 is 2.52 bits per heavy atom. The van der Waals surface area contributed by atoms with Gasteiger partial charge in [-0.05, 0) is 37.7 Å². The van der Waals surface area contributed by atoms with Crippen molar-refractivity contribution in [3.63, 3.8) is 0 Å². The van der Waals surface area contributed by atoms with Crippen LogP contribution in [0, 0.1) is 0 Å². The molecule has 1 fully saturated rings. The summed E-state index contributed by atoms with van der Waals surface area (Å²) in [4.78, 5) is 21.8. The molecule has 0 aliphatic carbocycles. The number of nitrogens with zero attached hydrogens (tertiary/aromatic N) is 7. The van der Waals surface area contributed by atoms with E-state index in [9.17, 15) is 9.90 Å². The standard InChI is InChI=1S/C20H25N7O2/c1-24-10-12-25(13-11-24)19-20(29)26(15-16(22-19)3-2-14-28)17-4-6-18(7-5-17)27-9-8-21-23-27/h4-9,14-15,20,29H,2-3,10-13H2,1H3. The van der Waals surface area contributed by atoms with Crippen molar-refractivity contribution in [2.45, 2.75) is 19.1 Å². The number of aliphatic imine (C=N–C) groups is 1. The van der Waals surface area contributed by atoms with Crippen molar-refractivity contribution in [1.82, 2.24) is 24.8 Å². The predicted molar refractivity (Wildman–Crippen MR) is 110 cm³/mol. The molecule has 1 N–H and O–H groups in total. The largest absolute Gasteiger partial charge is 0.366 e. The van der Waals surface area contributed by atoms with Crippen molar-refractivity contribution in [3.8, 4) is 5.69 Å². The van der Waals surface area contributed by atoms with Crippen molar-refractivity contribution >= 4 is 17.8 Å². The van der Waals surface area contributed by atoms with Gasteiger partial charge >= 0.3 is 0 Å². The number of aldehydes is 1. The number of carbonyl (C=O) groups is 1. The third kappa shape index (κ3) is 4.20. The third-order valence-electron chi connectivity index (χ3n) is 5.22. The molecule has 1 aromatic heterocycles. The van der Waals surface area contributed by atoms with Crippen LogP contribution in [0.5, 0.6) is 0 Å². The summed E-state index contributed by atoms with van der Waals surface area (Å²) in [5.74, 6) is 0.641. The zero-order valence-electron chi connectivity index (χ0n) is 16.4. The highest BCUT2D eigenvalue weighted by Crippen LogP contribution is 2.26. The van der Waals surface area contributed by atoms with Crippen LogP contribution in [0.2, 0.25) is 0 Å². The number of allylic oxidation sites excluding steroid dienone is 1. The monoisotopic (exact) mass is 395 g/mol. The van der Waals surface area contributed by atoms with Crippen LogP contribution in [-0.4, -0.2) is 81.5 Å². The first-order valence-electron chi connectivity index (χ1n) is 9.75. The lowest BCUT2D eigenvalue weighted by atomic mass is 10.2. The summed E-state index contributed by atoms with van der Waals surface area (Å²) in [6.45, 7) is 3.47. The maximum atomic E-state index is 11.1. The predicted octanol–water partition coefficient (Wildman–Crippen LogP) is 0.872. The van der Waals surface area contributed by atoms with Gasteiger partial charge in [0.1, 0.15) is 6.29 Å². The van der Waals surface area contributed by atoms with E-state index in [4.69, 9.17) is 4.99 Å². The van der Waals surface area contributed by atoms with Crippen LogP contribution in [0.3, 0.4) is 0 Å². The van der Waals surface area contributed by atoms with Crippen LogP contribution >= 0.6 is 0 Å². The first kappa shape index (κ1) is 19.3. The topological polar surface area (TPSA) is 90.1 Å². The smallest absolute Gasteiger partial charge is 0.190 e. The molecule has 4 rings (SSSR count). The van der Waals surface area contributed by atoms with Crippen LogP contribution in [0.1, 0.15) is 12.8 Å². The average molecular weight is 395 g/mol. The lowest BCUT2D eigenvalue weighted by Gasteiger charge is -2.40. The van der Waals surface area contributed by atoms with E-state index < -0.39 is 6.23 Å². The van der Waals surface area contributed by atoms with E-state index >= 15 is 0 Å². The molecule has 1 unspecified atom stereocenters. The fourth-order valence-corrected chi connectivity index (χ4v) is 3.53. The number of hydrogen-bond donors (Lipinski definition) is 1. The Kier molecular flexibility index (Phi) is 5.68. The fraction of sp³-hybridized carbons (Fsp3) is 0.400. The van der Waals surface area contributed by atoms with Crippen molar-refractivity contribution in [1.29, 1.82) is 0 Å². The molecule has 152 valence electrons. The molecule has 9 heteroatoms. The van der Waals surface area contributed by atoms with Gasteiger partial charge in [-0.15, -0.1) is 5.10 Å². The highest BCUT2D eigenvalue weighted by molar-refractivity contribution is 5.91. The Morgan fingerprint density at radius 2 is 1.86 bits per heavy atom. The van der Waals surface area contributed by atoms with Crippen LogP contribution in [0.25, 0.3) is 5.69 Å². The summed E-state index contributed by atoms with van der Waals surface area (Å²) in [5, 5.41) is 18.9. The average Bonchev–Trinajstić information content (AvgIpc) is 3.29. The highest BCUT2D eigenvalue weighted by Gasteiger charge is 2.30. The van der Waals surface area contributed by atoms with E-state index in [-0.39, 0.29) is 0 Å². The van der Waals surface area contributed by atoms with Crippen LogP contribution in [0.15, 0.2) is 53.5 Å². The minimum absolute atomic E-state index is 0.403. The molecule has 1 saturated heterocycles. The lowest BCUT2D eigenvalue weighted by molar-refractivity contribution is -0.107. The summed E-state index contributed by atoms with van der Waals surface area (Å²) < 4.78 is 1.68. The van der Waals surface area contributed by atoms with Crippen molar-refractivity contribution in [2.75, 3.05) is 38.1 Å². The molecule has 29 heavy (non-hydrogen) atoms. The third-order valence-corrected chi connectivity index (χ3v) is 5.22. The van der Waals surface area contributed by atoms with Crippen molar-refractivity contribution in [2.24, 2.45) is 4.99 Å². The molecular formula is C20H25N7O2. The normalized spacial score (nSPS) is 20.4. The van der Waals surface area contributed by atoms with Gasteiger partial charge in [-0.2, -0.15) is 0 Å². The second-order valence-electron chi connectivity index (χ2n) is 7.23. The number of carbonyl (C=O) groups excluding carboxylic acids is 1. The highest BCUT2D eigenvalue weighted by atomic mass is 16.3. The fourth-order valence-electron chi connectivity index (χ4n) is 3.53. The zero-order chi connectivity index (χ0) is 20.2.